The van der Waals surface area contributed by atoms with Crippen molar-refractivity contribution in [2.75, 3.05) is 7.05 Å². The highest BCUT2D eigenvalue weighted by Gasteiger charge is 2.54. The molecule has 1 unspecified atom stereocenters. The number of nitriles is 1. The fraction of sp³-hybridized carbons (Fsp3) is 0.667. The van der Waals surface area contributed by atoms with Gasteiger partial charge in [0, 0.05) is 7.05 Å². The standard InChI is InChI=1S/C6H8F3N3O2/c1-12(4-13)11-5(14,2-3-10)6(7,8)9/h4,11,14H,2H2,1H3. The van der Waals surface area contributed by atoms with Crippen LogP contribution in [0.5, 0.6) is 0 Å². The molecule has 0 spiro atoms. The molecule has 0 bridgehead atoms. The molecule has 0 aliphatic carbocycles. The van der Waals surface area contributed by atoms with Crippen LogP contribution in [0.2, 0.25) is 0 Å². The van der Waals surface area contributed by atoms with E-state index in [2.05, 4.69) is 0 Å². The van der Waals surface area contributed by atoms with Crippen molar-refractivity contribution < 1.29 is 23.1 Å². The normalized spacial score (nSPS) is 15.4. The third-order valence-electron chi connectivity index (χ3n) is 1.32. The van der Waals surface area contributed by atoms with Crippen molar-refractivity contribution in [3.8, 4) is 6.07 Å². The van der Waals surface area contributed by atoms with E-state index in [1.165, 1.54) is 11.5 Å². The Morgan fingerprint density at radius 3 is 2.43 bits per heavy atom. The summed E-state index contributed by atoms with van der Waals surface area (Å²) in [5.41, 5.74) is -1.95. The number of carbonyl (C=O) groups is 1. The quantitative estimate of drug-likeness (QED) is 0.381. The van der Waals surface area contributed by atoms with Gasteiger partial charge in [0.15, 0.2) is 0 Å². The first-order valence-corrected chi connectivity index (χ1v) is 3.39. The van der Waals surface area contributed by atoms with Crippen molar-refractivity contribution in [1.82, 2.24) is 10.4 Å². The summed E-state index contributed by atoms with van der Waals surface area (Å²) in [6.07, 6.45) is -6.22. The smallest absolute Gasteiger partial charge is 0.366 e. The molecule has 1 atom stereocenters. The van der Waals surface area contributed by atoms with E-state index in [-0.39, 0.29) is 6.41 Å². The van der Waals surface area contributed by atoms with Crippen LogP contribution in [0.25, 0.3) is 0 Å². The molecule has 5 nitrogen and oxygen atoms in total. The fourth-order valence-corrected chi connectivity index (χ4v) is 0.636. The summed E-state index contributed by atoms with van der Waals surface area (Å²) in [6, 6.07) is 1.17. The Balaban J connectivity index is 4.74. The Morgan fingerprint density at radius 1 is 1.64 bits per heavy atom. The van der Waals surface area contributed by atoms with E-state index in [1.807, 2.05) is 0 Å². The lowest BCUT2D eigenvalue weighted by Gasteiger charge is -2.31. The van der Waals surface area contributed by atoms with E-state index in [0.29, 0.717) is 5.01 Å². The van der Waals surface area contributed by atoms with Crippen LogP contribution in [-0.4, -0.2) is 35.5 Å². The number of hydrazine groups is 1. The highest BCUT2D eigenvalue weighted by molar-refractivity contribution is 5.45. The zero-order valence-electron chi connectivity index (χ0n) is 7.17. The average molecular weight is 211 g/mol. The average Bonchev–Trinajstić information content (AvgIpc) is 2.02. The minimum absolute atomic E-state index is 0.0358. The molecule has 0 aromatic heterocycles. The van der Waals surface area contributed by atoms with Gasteiger partial charge in [0.1, 0.15) is 0 Å². The number of carbonyl (C=O) groups excluding carboxylic acids is 1. The number of halogens is 3. The molecule has 0 aromatic rings. The Morgan fingerprint density at radius 2 is 2.14 bits per heavy atom. The second-order valence-corrected chi connectivity index (χ2v) is 2.52. The molecule has 0 aliphatic rings. The Kier molecular flexibility index (Phi) is 3.85. The number of hydrogen-bond donors (Lipinski definition) is 2. The van der Waals surface area contributed by atoms with Gasteiger partial charge >= 0.3 is 6.18 Å². The van der Waals surface area contributed by atoms with Crippen LogP contribution in [0.4, 0.5) is 13.2 Å². The maximum atomic E-state index is 12.2. The SMILES string of the molecule is CN(C=O)NC(O)(CC#N)C(F)(F)F. The molecule has 1 amide bonds. The molecule has 0 saturated carbocycles. The van der Waals surface area contributed by atoms with Crippen LogP contribution in [0.15, 0.2) is 0 Å². The van der Waals surface area contributed by atoms with Gasteiger partial charge in [-0.3, -0.25) is 9.80 Å². The third kappa shape index (κ3) is 2.86. The van der Waals surface area contributed by atoms with Crippen LogP contribution >= 0.6 is 0 Å². The van der Waals surface area contributed by atoms with Crippen molar-refractivity contribution in [2.45, 2.75) is 18.3 Å². The van der Waals surface area contributed by atoms with Crippen molar-refractivity contribution >= 4 is 6.41 Å². The second-order valence-electron chi connectivity index (χ2n) is 2.52. The van der Waals surface area contributed by atoms with E-state index in [0.717, 1.165) is 7.05 Å². The lowest BCUT2D eigenvalue weighted by Crippen LogP contribution is -2.61. The van der Waals surface area contributed by atoms with Gasteiger partial charge in [0.25, 0.3) is 0 Å². The summed E-state index contributed by atoms with van der Waals surface area (Å²) in [5.74, 6) is 0. The number of hydrogen-bond acceptors (Lipinski definition) is 4. The van der Waals surface area contributed by atoms with Gasteiger partial charge in [-0.05, 0) is 0 Å². The number of nitrogens with zero attached hydrogens (tertiary/aromatic N) is 2. The first-order chi connectivity index (χ1) is 6.27. The predicted octanol–water partition coefficient (Wildman–Crippen LogP) is -0.256. The summed E-state index contributed by atoms with van der Waals surface area (Å²) >= 11 is 0. The molecule has 0 rings (SSSR count). The molecule has 0 fully saturated rings. The van der Waals surface area contributed by atoms with Crippen molar-refractivity contribution in [3.05, 3.63) is 0 Å². The van der Waals surface area contributed by atoms with Gasteiger partial charge in [-0.25, -0.2) is 0 Å². The predicted molar refractivity (Wildman–Crippen MR) is 38.2 cm³/mol. The minimum atomic E-state index is -5.04. The van der Waals surface area contributed by atoms with Gasteiger partial charge in [-0.1, -0.05) is 0 Å². The molecule has 80 valence electrons. The highest BCUT2D eigenvalue weighted by atomic mass is 19.4. The summed E-state index contributed by atoms with van der Waals surface area (Å²) in [7, 11) is 0.973. The molecule has 0 aliphatic heterocycles. The summed E-state index contributed by atoms with van der Waals surface area (Å²) in [6.45, 7) is 0. The number of nitrogens with one attached hydrogen (secondary N) is 1. The molecular weight excluding hydrogens is 203 g/mol. The van der Waals surface area contributed by atoms with Gasteiger partial charge in [-0.2, -0.15) is 23.9 Å². The largest absolute Gasteiger partial charge is 0.433 e. The lowest BCUT2D eigenvalue weighted by molar-refractivity contribution is -0.283. The summed E-state index contributed by atoms with van der Waals surface area (Å²) < 4.78 is 36.5. The number of aliphatic hydroxyl groups is 1. The van der Waals surface area contributed by atoms with E-state index in [1.54, 1.807) is 0 Å². The molecule has 14 heavy (non-hydrogen) atoms. The van der Waals surface area contributed by atoms with Gasteiger partial charge in [0.05, 0.1) is 12.5 Å². The van der Waals surface area contributed by atoms with Gasteiger partial charge < -0.3 is 5.11 Å². The van der Waals surface area contributed by atoms with Crippen LogP contribution in [0, 0.1) is 11.3 Å². The van der Waals surface area contributed by atoms with Crippen molar-refractivity contribution in [2.24, 2.45) is 0 Å². The maximum Gasteiger partial charge on any atom is 0.433 e. The molecule has 8 heteroatoms. The van der Waals surface area contributed by atoms with Crippen molar-refractivity contribution in [1.29, 1.82) is 5.26 Å². The zero-order valence-corrected chi connectivity index (χ0v) is 7.17. The van der Waals surface area contributed by atoms with Crippen LogP contribution < -0.4 is 5.43 Å². The van der Waals surface area contributed by atoms with Gasteiger partial charge in [-0.15, -0.1) is 0 Å². The number of alkyl halides is 3. The van der Waals surface area contributed by atoms with Crippen molar-refractivity contribution in [3.63, 3.8) is 0 Å². The van der Waals surface area contributed by atoms with E-state index in [4.69, 9.17) is 10.4 Å². The molecule has 0 aromatic carbocycles. The summed E-state index contributed by atoms with van der Waals surface area (Å²) in [4.78, 5) is 10.0. The molecule has 0 heterocycles. The minimum Gasteiger partial charge on any atom is -0.366 e. The monoisotopic (exact) mass is 211 g/mol. The Labute approximate surface area is 77.7 Å². The van der Waals surface area contributed by atoms with E-state index in [9.17, 15) is 18.0 Å². The molecule has 0 radical (unpaired) electrons. The second kappa shape index (κ2) is 4.26. The molecular formula is C6H8F3N3O2. The zero-order chi connectivity index (χ0) is 11.4. The summed E-state index contributed by atoms with van der Waals surface area (Å²) in [5, 5.41) is 17.5. The lowest BCUT2D eigenvalue weighted by atomic mass is 10.1. The first-order valence-electron chi connectivity index (χ1n) is 3.39. The number of rotatable bonds is 4. The molecule has 0 saturated heterocycles. The number of amides is 1. The third-order valence-corrected chi connectivity index (χ3v) is 1.32. The topological polar surface area (TPSA) is 76.4 Å². The maximum absolute atomic E-state index is 12.2. The molecule has 2 N–H and O–H groups in total. The Bertz CT molecular complexity index is 250. The first kappa shape index (κ1) is 12.7. The fourth-order valence-electron chi connectivity index (χ4n) is 0.636. The highest BCUT2D eigenvalue weighted by Crippen LogP contribution is 2.30. The Hall–Kier alpha value is -1.33. The van der Waals surface area contributed by atoms with Gasteiger partial charge in [0.2, 0.25) is 12.1 Å². The van der Waals surface area contributed by atoms with E-state index >= 15 is 0 Å². The van der Waals surface area contributed by atoms with Crippen LogP contribution in [-0.2, 0) is 4.79 Å². The van der Waals surface area contributed by atoms with Crippen LogP contribution in [0.3, 0.4) is 0 Å². The van der Waals surface area contributed by atoms with Crippen LogP contribution in [0.1, 0.15) is 6.42 Å². The van der Waals surface area contributed by atoms with E-state index < -0.39 is 18.3 Å².